The molecule has 2 heterocycles. The Labute approximate surface area is 164 Å². The summed E-state index contributed by atoms with van der Waals surface area (Å²) in [6.07, 6.45) is 0.391. The van der Waals surface area contributed by atoms with Crippen LogP contribution in [0.2, 0.25) is 10.0 Å². The monoisotopic (exact) mass is 402 g/mol. The predicted molar refractivity (Wildman–Crippen MR) is 101 cm³/mol. The second kappa shape index (κ2) is 6.48. The average molecular weight is 403 g/mol. The van der Waals surface area contributed by atoms with Gasteiger partial charge in [-0.15, -0.1) is 0 Å². The molecule has 2 amide bonds. The van der Waals surface area contributed by atoms with E-state index in [1.165, 1.54) is 21.9 Å². The van der Waals surface area contributed by atoms with E-state index in [0.717, 1.165) is 0 Å². The van der Waals surface area contributed by atoms with Crippen LogP contribution in [0.3, 0.4) is 0 Å². The number of rotatable bonds is 4. The molecule has 8 heteroatoms. The van der Waals surface area contributed by atoms with Gasteiger partial charge < -0.3 is 9.80 Å². The van der Waals surface area contributed by atoms with Crippen LogP contribution in [-0.4, -0.2) is 36.5 Å². The van der Waals surface area contributed by atoms with E-state index >= 15 is 0 Å². The maximum Gasteiger partial charge on any atom is 0.299 e. The van der Waals surface area contributed by atoms with Crippen LogP contribution in [0.5, 0.6) is 0 Å². The van der Waals surface area contributed by atoms with Gasteiger partial charge in [0.05, 0.1) is 22.5 Å². The van der Waals surface area contributed by atoms with Crippen LogP contribution in [0.25, 0.3) is 0 Å². The topological polar surface area (TPSA) is 74.8 Å². The molecular formula is C19H12Cl2N2O4. The number of carbonyl (C=O) groups excluding carboxylic acids is 4. The standard InChI is InChI=1S/C19H12Cl2N2O4/c20-10-2-4-14-12(8-10)16(24)18(26)22(14)6-1-7-23-15-5-3-11(21)9-13(15)17(25)19(23)27/h2-5,8-9H,1,6-7H2. The lowest BCUT2D eigenvalue weighted by atomic mass is 10.1. The molecule has 0 spiro atoms. The zero-order valence-corrected chi connectivity index (χ0v) is 15.4. The Bertz CT molecular complexity index is 953. The highest BCUT2D eigenvalue weighted by Gasteiger charge is 2.37. The number of hydrogen-bond donors (Lipinski definition) is 0. The third-order valence-electron chi connectivity index (χ3n) is 4.63. The van der Waals surface area contributed by atoms with Crippen LogP contribution >= 0.6 is 23.2 Å². The summed E-state index contributed by atoms with van der Waals surface area (Å²) in [6, 6.07) is 9.42. The summed E-state index contributed by atoms with van der Waals surface area (Å²) < 4.78 is 0. The van der Waals surface area contributed by atoms with E-state index in [9.17, 15) is 19.2 Å². The fourth-order valence-electron chi connectivity index (χ4n) is 3.38. The lowest BCUT2D eigenvalue weighted by molar-refractivity contribution is -0.114. The zero-order valence-electron chi connectivity index (χ0n) is 13.9. The van der Waals surface area contributed by atoms with Crippen molar-refractivity contribution in [3.8, 4) is 0 Å². The van der Waals surface area contributed by atoms with E-state index in [0.29, 0.717) is 27.8 Å². The van der Waals surface area contributed by atoms with Crippen molar-refractivity contribution in [2.75, 3.05) is 22.9 Å². The maximum atomic E-state index is 12.2. The van der Waals surface area contributed by atoms with Crippen LogP contribution in [-0.2, 0) is 9.59 Å². The highest BCUT2D eigenvalue weighted by atomic mass is 35.5. The molecule has 0 bridgehead atoms. The van der Waals surface area contributed by atoms with Gasteiger partial charge in [0, 0.05) is 23.1 Å². The lowest BCUT2D eigenvalue weighted by Gasteiger charge is -2.20. The van der Waals surface area contributed by atoms with Gasteiger partial charge >= 0.3 is 0 Å². The number of carbonyl (C=O) groups is 4. The van der Waals surface area contributed by atoms with Crippen LogP contribution in [0, 0.1) is 0 Å². The van der Waals surface area contributed by atoms with E-state index < -0.39 is 23.4 Å². The number of Topliss-reactive ketones (excluding diaryl/α,β-unsaturated/α-hetero) is 2. The summed E-state index contributed by atoms with van der Waals surface area (Å²) in [6.45, 7) is 0.472. The van der Waals surface area contributed by atoms with E-state index in [2.05, 4.69) is 0 Å². The number of amides is 2. The normalized spacial score (nSPS) is 15.6. The third kappa shape index (κ3) is 2.81. The first kappa shape index (κ1) is 17.7. The second-order valence-electron chi connectivity index (χ2n) is 6.25. The first-order chi connectivity index (χ1) is 12.9. The van der Waals surface area contributed by atoms with Crippen molar-refractivity contribution < 1.29 is 19.2 Å². The van der Waals surface area contributed by atoms with Gasteiger partial charge in [-0.3, -0.25) is 19.2 Å². The molecule has 0 aliphatic carbocycles. The minimum Gasteiger partial charge on any atom is -0.305 e. The molecule has 0 atom stereocenters. The van der Waals surface area contributed by atoms with Crippen LogP contribution < -0.4 is 9.80 Å². The Balaban J connectivity index is 1.50. The number of hydrogen-bond acceptors (Lipinski definition) is 4. The van der Waals surface area contributed by atoms with Crippen molar-refractivity contribution >= 4 is 58.0 Å². The zero-order chi connectivity index (χ0) is 19.3. The molecule has 2 aromatic rings. The van der Waals surface area contributed by atoms with E-state index in [-0.39, 0.29) is 24.2 Å². The lowest BCUT2D eigenvalue weighted by Crippen LogP contribution is -2.35. The molecule has 2 aliphatic heterocycles. The van der Waals surface area contributed by atoms with Crippen LogP contribution in [0.1, 0.15) is 27.1 Å². The quantitative estimate of drug-likeness (QED) is 0.736. The van der Waals surface area contributed by atoms with Gasteiger partial charge in [-0.1, -0.05) is 23.2 Å². The predicted octanol–water partition coefficient (Wildman–Crippen LogP) is 3.14. The number of ketones is 2. The summed E-state index contributed by atoms with van der Waals surface area (Å²) in [5.74, 6) is -2.44. The maximum absolute atomic E-state index is 12.2. The molecule has 0 N–H and O–H groups in total. The molecule has 27 heavy (non-hydrogen) atoms. The number of nitrogens with zero attached hydrogens (tertiary/aromatic N) is 2. The summed E-state index contributed by atoms with van der Waals surface area (Å²) >= 11 is 11.8. The average Bonchev–Trinajstić information content (AvgIpc) is 3.02. The van der Waals surface area contributed by atoms with Gasteiger partial charge in [0.25, 0.3) is 23.4 Å². The fraction of sp³-hybridized carbons (Fsp3) is 0.158. The number of halogens is 2. The Morgan fingerprint density at radius 3 is 1.48 bits per heavy atom. The Morgan fingerprint density at radius 2 is 1.07 bits per heavy atom. The van der Waals surface area contributed by atoms with Gasteiger partial charge in [-0.25, -0.2) is 0 Å². The highest BCUT2D eigenvalue weighted by Crippen LogP contribution is 2.33. The summed E-state index contributed by atoms with van der Waals surface area (Å²) in [5.41, 5.74) is 1.57. The van der Waals surface area contributed by atoms with Crippen molar-refractivity contribution in [3.05, 3.63) is 57.6 Å². The summed E-state index contributed by atoms with van der Waals surface area (Å²) in [4.78, 5) is 51.4. The molecule has 0 aromatic heterocycles. The van der Waals surface area contributed by atoms with Crippen LogP contribution in [0.15, 0.2) is 36.4 Å². The summed E-state index contributed by atoms with van der Waals surface area (Å²) in [7, 11) is 0. The highest BCUT2D eigenvalue weighted by molar-refractivity contribution is 6.53. The number of benzene rings is 2. The first-order valence-corrected chi connectivity index (χ1v) is 8.95. The molecule has 6 nitrogen and oxygen atoms in total. The van der Waals surface area contributed by atoms with Crippen molar-refractivity contribution in [2.24, 2.45) is 0 Å². The van der Waals surface area contributed by atoms with Crippen molar-refractivity contribution in [1.82, 2.24) is 0 Å². The second-order valence-corrected chi connectivity index (χ2v) is 7.12. The van der Waals surface area contributed by atoms with Gasteiger partial charge in [0.2, 0.25) is 0 Å². The molecule has 0 unspecified atom stereocenters. The van der Waals surface area contributed by atoms with E-state index in [1.54, 1.807) is 24.3 Å². The number of fused-ring (bicyclic) bond motifs is 2. The number of anilines is 2. The van der Waals surface area contributed by atoms with Gasteiger partial charge in [-0.2, -0.15) is 0 Å². The van der Waals surface area contributed by atoms with Gasteiger partial charge in [-0.05, 0) is 42.8 Å². The molecule has 0 radical (unpaired) electrons. The molecule has 2 aromatic carbocycles. The smallest absolute Gasteiger partial charge is 0.299 e. The largest absolute Gasteiger partial charge is 0.305 e. The van der Waals surface area contributed by atoms with Crippen LogP contribution in [0.4, 0.5) is 11.4 Å². The Morgan fingerprint density at radius 1 is 0.667 bits per heavy atom. The molecule has 136 valence electrons. The molecule has 0 saturated carbocycles. The van der Waals surface area contributed by atoms with Crippen molar-refractivity contribution in [2.45, 2.75) is 6.42 Å². The molecule has 0 fully saturated rings. The SMILES string of the molecule is O=C1C(=O)N(CCCN2C(=O)C(=O)c3cc(Cl)ccc32)c2ccc(Cl)cc21. The molecular weight excluding hydrogens is 391 g/mol. The van der Waals surface area contributed by atoms with E-state index in [4.69, 9.17) is 23.2 Å². The fourth-order valence-corrected chi connectivity index (χ4v) is 3.72. The third-order valence-corrected chi connectivity index (χ3v) is 5.10. The Kier molecular flexibility index (Phi) is 4.25. The molecule has 2 aliphatic rings. The molecule has 4 rings (SSSR count). The minimum atomic E-state index is -0.622. The Hall–Kier alpha value is -2.70. The van der Waals surface area contributed by atoms with Gasteiger partial charge in [0.1, 0.15) is 0 Å². The first-order valence-electron chi connectivity index (χ1n) is 8.20. The van der Waals surface area contributed by atoms with Gasteiger partial charge in [0.15, 0.2) is 0 Å². The molecule has 0 saturated heterocycles. The van der Waals surface area contributed by atoms with Crippen molar-refractivity contribution in [1.29, 1.82) is 0 Å². The van der Waals surface area contributed by atoms with E-state index in [1.807, 2.05) is 0 Å². The summed E-state index contributed by atoms with van der Waals surface area (Å²) in [5, 5.41) is 0.765. The van der Waals surface area contributed by atoms with Crippen molar-refractivity contribution in [3.63, 3.8) is 0 Å². The minimum absolute atomic E-state index is 0.236.